The van der Waals surface area contributed by atoms with Crippen molar-refractivity contribution in [3.63, 3.8) is 0 Å². The molecule has 0 amide bonds. The molecule has 0 radical (unpaired) electrons. The Labute approximate surface area is 186 Å². The van der Waals surface area contributed by atoms with Crippen LogP contribution in [0, 0.1) is 6.92 Å². The Morgan fingerprint density at radius 1 is 0.844 bits per heavy atom. The van der Waals surface area contributed by atoms with Crippen LogP contribution in [0.4, 0.5) is 0 Å². The third-order valence-electron chi connectivity index (χ3n) is 6.02. The Bertz CT molecular complexity index is 758. The lowest BCUT2D eigenvalue weighted by Gasteiger charge is -2.42. The molecule has 1 aromatic carbocycles. The molecule has 0 spiro atoms. The second-order valence-corrected chi connectivity index (χ2v) is 8.83. The highest BCUT2D eigenvalue weighted by atomic mass is 16.7. The largest absolute Gasteiger partial charge is 0.462 e. The average molecular weight is 459 g/mol. The van der Waals surface area contributed by atoms with Gasteiger partial charge in [0.05, 0.1) is 12.7 Å². The van der Waals surface area contributed by atoms with Gasteiger partial charge in [0.2, 0.25) is 6.29 Å². The number of aliphatic hydroxyl groups is 6. The Hall–Kier alpha value is -1.34. The molecule has 6 N–H and O–H groups in total. The van der Waals surface area contributed by atoms with Crippen molar-refractivity contribution in [3.8, 4) is 5.75 Å². The first-order valence-electron chi connectivity index (χ1n) is 10.8. The summed E-state index contributed by atoms with van der Waals surface area (Å²) in [6, 6.07) is 5.69. The van der Waals surface area contributed by atoms with Gasteiger partial charge in [-0.1, -0.05) is 26.0 Å². The maximum Gasteiger partial charge on any atom is 0.229 e. The Morgan fingerprint density at radius 3 is 2.12 bits per heavy atom. The highest BCUT2D eigenvalue weighted by Gasteiger charge is 2.47. The molecule has 10 nitrogen and oxygen atoms in total. The van der Waals surface area contributed by atoms with Crippen LogP contribution in [-0.4, -0.2) is 98.7 Å². The summed E-state index contributed by atoms with van der Waals surface area (Å²) >= 11 is 0. The lowest BCUT2D eigenvalue weighted by Crippen LogP contribution is -2.61. The second kappa shape index (κ2) is 10.3. The Balaban J connectivity index is 1.69. The van der Waals surface area contributed by atoms with E-state index in [9.17, 15) is 30.6 Å². The molecule has 0 bridgehead atoms. The van der Waals surface area contributed by atoms with Gasteiger partial charge in [0.25, 0.3) is 0 Å². The van der Waals surface area contributed by atoms with Crippen molar-refractivity contribution in [1.82, 2.24) is 0 Å². The SMILES string of the molecule is Cc1ccc(C(C)C)cc1OC1OC(COC2OC(C)C(O)C(O)C2O)C(O)C(O)C1O. The van der Waals surface area contributed by atoms with Crippen LogP contribution in [0.15, 0.2) is 18.2 Å². The summed E-state index contributed by atoms with van der Waals surface area (Å²) in [4.78, 5) is 0. The van der Waals surface area contributed by atoms with Gasteiger partial charge in [-0.05, 0) is 37.0 Å². The van der Waals surface area contributed by atoms with Crippen molar-refractivity contribution in [3.05, 3.63) is 29.3 Å². The zero-order valence-electron chi connectivity index (χ0n) is 18.6. The Morgan fingerprint density at radius 2 is 1.47 bits per heavy atom. The molecule has 2 aliphatic rings. The highest BCUT2D eigenvalue weighted by Crippen LogP contribution is 2.30. The van der Waals surface area contributed by atoms with Gasteiger partial charge >= 0.3 is 0 Å². The van der Waals surface area contributed by atoms with E-state index in [1.165, 1.54) is 6.92 Å². The van der Waals surface area contributed by atoms with Crippen molar-refractivity contribution >= 4 is 0 Å². The fraction of sp³-hybridized carbons (Fsp3) is 0.727. The molecule has 2 aliphatic heterocycles. The van der Waals surface area contributed by atoms with Crippen LogP contribution in [-0.2, 0) is 14.2 Å². The molecule has 1 aromatic rings. The molecule has 3 rings (SSSR count). The minimum Gasteiger partial charge on any atom is -0.462 e. The van der Waals surface area contributed by atoms with Crippen molar-refractivity contribution < 1.29 is 49.6 Å². The van der Waals surface area contributed by atoms with Gasteiger partial charge in [-0.25, -0.2) is 0 Å². The van der Waals surface area contributed by atoms with E-state index in [1.54, 1.807) is 0 Å². The van der Waals surface area contributed by atoms with Gasteiger partial charge < -0.3 is 49.6 Å². The fourth-order valence-corrected chi connectivity index (χ4v) is 3.72. The van der Waals surface area contributed by atoms with E-state index in [1.807, 2.05) is 39.0 Å². The number of hydrogen-bond donors (Lipinski definition) is 6. The number of aliphatic hydroxyl groups excluding tert-OH is 6. The number of hydrogen-bond acceptors (Lipinski definition) is 10. The van der Waals surface area contributed by atoms with Crippen molar-refractivity contribution in [2.24, 2.45) is 0 Å². The molecule has 182 valence electrons. The van der Waals surface area contributed by atoms with Crippen molar-refractivity contribution in [1.29, 1.82) is 0 Å². The number of rotatable bonds is 6. The lowest BCUT2D eigenvalue weighted by molar-refractivity contribution is -0.318. The topological polar surface area (TPSA) is 158 Å². The standard InChI is InChI=1S/C22H34O10/c1-9(2)12-6-5-10(3)13(7-12)31-22-20(28)18(26)16(24)14(32-22)8-29-21-19(27)17(25)15(23)11(4)30-21/h5-7,9,11,14-28H,8H2,1-4H3. The first-order chi connectivity index (χ1) is 15.0. The molecule has 2 heterocycles. The minimum absolute atomic E-state index is 0.252. The number of benzene rings is 1. The predicted octanol–water partition coefficient (Wildman–Crippen LogP) is -0.851. The molecular formula is C22H34O10. The summed E-state index contributed by atoms with van der Waals surface area (Å²) in [7, 11) is 0. The smallest absolute Gasteiger partial charge is 0.229 e. The molecule has 2 fully saturated rings. The molecular weight excluding hydrogens is 424 g/mol. The maximum atomic E-state index is 10.4. The summed E-state index contributed by atoms with van der Waals surface area (Å²) < 4.78 is 22.4. The molecule has 10 atom stereocenters. The van der Waals surface area contributed by atoms with E-state index < -0.39 is 61.4 Å². The van der Waals surface area contributed by atoms with Crippen molar-refractivity contribution in [2.75, 3.05) is 6.61 Å². The van der Waals surface area contributed by atoms with Crippen molar-refractivity contribution in [2.45, 2.75) is 95.0 Å². The van der Waals surface area contributed by atoms with Gasteiger partial charge in [0.15, 0.2) is 6.29 Å². The van der Waals surface area contributed by atoms with E-state index >= 15 is 0 Å². The van der Waals surface area contributed by atoms with Crippen LogP contribution < -0.4 is 4.74 Å². The molecule has 0 aromatic heterocycles. The van der Waals surface area contributed by atoms with Gasteiger partial charge in [-0.3, -0.25) is 0 Å². The predicted molar refractivity (Wildman–Crippen MR) is 111 cm³/mol. The van der Waals surface area contributed by atoms with E-state index in [-0.39, 0.29) is 12.5 Å². The van der Waals surface area contributed by atoms with Crippen LogP contribution in [0.25, 0.3) is 0 Å². The fourth-order valence-electron chi connectivity index (χ4n) is 3.72. The first kappa shape index (κ1) is 25.3. The van der Waals surface area contributed by atoms with E-state index in [0.717, 1.165) is 11.1 Å². The quantitative estimate of drug-likeness (QED) is 0.317. The molecule has 32 heavy (non-hydrogen) atoms. The third kappa shape index (κ3) is 5.24. The first-order valence-corrected chi connectivity index (χ1v) is 10.8. The normalized spacial score (nSPS) is 40.5. The van der Waals surface area contributed by atoms with Crippen LogP contribution in [0.2, 0.25) is 0 Å². The molecule has 10 unspecified atom stereocenters. The lowest BCUT2D eigenvalue weighted by atomic mass is 9.98. The Kier molecular flexibility index (Phi) is 8.13. The number of ether oxygens (including phenoxy) is 4. The monoisotopic (exact) mass is 458 g/mol. The molecule has 2 saturated heterocycles. The average Bonchev–Trinajstić information content (AvgIpc) is 2.76. The second-order valence-electron chi connectivity index (χ2n) is 8.83. The van der Waals surface area contributed by atoms with Gasteiger partial charge in [-0.2, -0.15) is 0 Å². The summed E-state index contributed by atoms with van der Waals surface area (Å²) in [5.41, 5.74) is 1.83. The van der Waals surface area contributed by atoms with E-state index in [0.29, 0.717) is 5.75 Å². The van der Waals surface area contributed by atoms with E-state index in [2.05, 4.69) is 0 Å². The van der Waals surface area contributed by atoms with Crippen LogP contribution in [0.3, 0.4) is 0 Å². The summed E-state index contributed by atoms with van der Waals surface area (Å²) in [5, 5.41) is 60.8. The summed E-state index contributed by atoms with van der Waals surface area (Å²) in [5.74, 6) is 0.724. The van der Waals surface area contributed by atoms with Gasteiger partial charge in [0, 0.05) is 0 Å². The number of aryl methyl sites for hydroxylation is 1. The van der Waals surface area contributed by atoms with Gasteiger partial charge in [-0.15, -0.1) is 0 Å². The van der Waals surface area contributed by atoms with E-state index in [4.69, 9.17) is 18.9 Å². The van der Waals surface area contributed by atoms with Crippen LogP contribution in [0.5, 0.6) is 5.75 Å². The zero-order valence-corrected chi connectivity index (χ0v) is 18.6. The third-order valence-corrected chi connectivity index (χ3v) is 6.02. The van der Waals surface area contributed by atoms with Gasteiger partial charge in [0.1, 0.15) is 48.5 Å². The summed E-state index contributed by atoms with van der Waals surface area (Å²) in [6.07, 6.45) is -13.3. The minimum atomic E-state index is -1.57. The maximum absolute atomic E-state index is 10.4. The highest BCUT2D eigenvalue weighted by molar-refractivity contribution is 5.38. The zero-order chi connectivity index (χ0) is 23.7. The molecule has 0 saturated carbocycles. The van der Waals surface area contributed by atoms with Crippen LogP contribution >= 0.6 is 0 Å². The summed E-state index contributed by atoms with van der Waals surface area (Å²) in [6.45, 7) is 7.08. The molecule has 0 aliphatic carbocycles. The molecule has 10 heteroatoms. The van der Waals surface area contributed by atoms with Crippen LogP contribution in [0.1, 0.15) is 37.8 Å².